The standard InChI is InChI=1S/C24H20F3N5O5S/c1-32-10-18(16-7-14(24(25,26)27)4-6-19(16)36-2)17(8-20(32)34)21(35)29-22-30-31-23(38-22)37-12-15-5-3-13(11-33)9-28-15/h3-10,33H,11-12H2,1-2H3,(H,29,30,35). The SMILES string of the molecule is COc1ccc(C(F)(F)F)cc1-c1cn(C)c(=O)cc1C(=O)Nc1nnc(OCc2ccc(CO)cn2)s1. The van der Waals surface area contributed by atoms with Gasteiger partial charge in [0.05, 0.1) is 30.5 Å². The first-order chi connectivity index (χ1) is 18.1. The number of hydrogen-bond acceptors (Lipinski definition) is 9. The zero-order valence-corrected chi connectivity index (χ0v) is 20.8. The number of aliphatic hydroxyl groups excluding tert-OH is 1. The lowest BCUT2D eigenvalue weighted by atomic mass is 9.98. The van der Waals surface area contributed by atoms with Crippen LogP contribution in [0.15, 0.2) is 53.6 Å². The molecule has 0 saturated carbocycles. The number of hydrogen-bond donors (Lipinski definition) is 2. The molecule has 1 amide bonds. The minimum atomic E-state index is -4.64. The number of aryl methyl sites for hydroxylation is 1. The monoisotopic (exact) mass is 547 g/mol. The zero-order valence-electron chi connectivity index (χ0n) is 19.9. The Morgan fingerprint density at radius 1 is 1.16 bits per heavy atom. The van der Waals surface area contributed by atoms with E-state index < -0.39 is 23.2 Å². The molecule has 198 valence electrons. The fourth-order valence-electron chi connectivity index (χ4n) is 3.38. The molecular weight excluding hydrogens is 527 g/mol. The van der Waals surface area contributed by atoms with Crippen LogP contribution in [0.1, 0.15) is 27.2 Å². The van der Waals surface area contributed by atoms with Gasteiger partial charge in [-0.1, -0.05) is 11.2 Å². The minimum Gasteiger partial charge on any atom is -0.496 e. The van der Waals surface area contributed by atoms with E-state index in [1.807, 2.05) is 0 Å². The van der Waals surface area contributed by atoms with Gasteiger partial charge in [0.2, 0.25) is 5.13 Å². The predicted molar refractivity (Wildman–Crippen MR) is 131 cm³/mol. The topological polar surface area (TPSA) is 128 Å². The van der Waals surface area contributed by atoms with E-state index in [1.54, 1.807) is 12.1 Å². The molecule has 4 aromatic rings. The van der Waals surface area contributed by atoms with E-state index in [2.05, 4.69) is 20.5 Å². The molecule has 10 nitrogen and oxygen atoms in total. The molecule has 0 unspecified atom stereocenters. The van der Waals surface area contributed by atoms with Crippen molar-refractivity contribution in [3.8, 4) is 22.1 Å². The Morgan fingerprint density at radius 2 is 1.95 bits per heavy atom. The second kappa shape index (κ2) is 11.0. The van der Waals surface area contributed by atoms with Crippen LogP contribution in [-0.4, -0.2) is 37.9 Å². The van der Waals surface area contributed by atoms with Gasteiger partial charge >= 0.3 is 6.18 Å². The van der Waals surface area contributed by atoms with E-state index in [9.17, 15) is 22.8 Å². The number of carbonyl (C=O) groups excluding carboxylic acids is 1. The van der Waals surface area contributed by atoms with Gasteiger partial charge in [-0.3, -0.25) is 19.9 Å². The van der Waals surface area contributed by atoms with Crippen molar-refractivity contribution in [2.75, 3.05) is 12.4 Å². The van der Waals surface area contributed by atoms with Gasteiger partial charge in [-0.05, 0) is 41.2 Å². The first kappa shape index (κ1) is 26.8. The number of alkyl halides is 3. The normalized spacial score (nSPS) is 11.3. The van der Waals surface area contributed by atoms with Gasteiger partial charge in [-0.15, -0.1) is 5.10 Å². The lowest BCUT2D eigenvalue weighted by molar-refractivity contribution is -0.137. The molecule has 38 heavy (non-hydrogen) atoms. The molecular formula is C24H20F3N5O5S. The van der Waals surface area contributed by atoms with E-state index in [0.29, 0.717) is 11.3 Å². The number of nitrogens with zero attached hydrogens (tertiary/aromatic N) is 4. The molecule has 0 aliphatic rings. The van der Waals surface area contributed by atoms with E-state index in [-0.39, 0.29) is 46.0 Å². The number of aliphatic hydroxyl groups is 1. The van der Waals surface area contributed by atoms with E-state index in [4.69, 9.17) is 14.6 Å². The summed E-state index contributed by atoms with van der Waals surface area (Å²) in [5, 5.41) is 19.4. The molecule has 0 radical (unpaired) electrons. The summed E-state index contributed by atoms with van der Waals surface area (Å²) in [6.45, 7) is -0.0775. The molecule has 1 aromatic carbocycles. The smallest absolute Gasteiger partial charge is 0.416 e. The largest absolute Gasteiger partial charge is 0.496 e. The number of methoxy groups -OCH3 is 1. The maximum absolute atomic E-state index is 13.4. The number of benzene rings is 1. The van der Waals surface area contributed by atoms with Gasteiger partial charge < -0.3 is 19.1 Å². The third-order valence-corrected chi connectivity index (χ3v) is 6.08. The van der Waals surface area contributed by atoms with Crippen molar-refractivity contribution >= 4 is 22.4 Å². The zero-order chi connectivity index (χ0) is 27.4. The highest BCUT2D eigenvalue weighted by Crippen LogP contribution is 2.38. The number of pyridine rings is 2. The van der Waals surface area contributed by atoms with Crippen LogP contribution in [0.4, 0.5) is 18.3 Å². The molecule has 0 atom stereocenters. The first-order valence-corrected chi connectivity index (χ1v) is 11.7. The maximum atomic E-state index is 13.4. The Hall–Kier alpha value is -4.30. The fraction of sp³-hybridized carbons (Fsp3) is 0.208. The van der Waals surface area contributed by atoms with Crippen LogP contribution in [0.3, 0.4) is 0 Å². The summed E-state index contributed by atoms with van der Waals surface area (Å²) in [7, 11) is 2.70. The van der Waals surface area contributed by atoms with Crippen LogP contribution in [0, 0.1) is 0 Å². The Labute approximate surface area is 217 Å². The first-order valence-electron chi connectivity index (χ1n) is 10.9. The molecule has 4 rings (SSSR count). The molecule has 14 heteroatoms. The van der Waals surface area contributed by atoms with Crippen molar-refractivity contribution in [3.05, 3.63) is 81.5 Å². The van der Waals surface area contributed by atoms with Gasteiger partial charge in [0, 0.05) is 36.6 Å². The fourth-order valence-corrected chi connectivity index (χ4v) is 3.97. The van der Waals surface area contributed by atoms with Crippen molar-refractivity contribution in [1.82, 2.24) is 19.7 Å². The van der Waals surface area contributed by atoms with Crippen LogP contribution in [0.25, 0.3) is 11.1 Å². The molecule has 0 spiro atoms. The van der Waals surface area contributed by atoms with Crippen molar-refractivity contribution in [2.45, 2.75) is 19.4 Å². The van der Waals surface area contributed by atoms with Gasteiger partial charge in [0.15, 0.2) is 0 Å². The van der Waals surface area contributed by atoms with Crippen LogP contribution < -0.4 is 20.3 Å². The van der Waals surface area contributed by atoms with Crippen molar-refractivity contribution in [3.63, 3.8) is 0 Å². The number of amides is 1. The van der Waals surface area contributed by atoms with E-state index in [1.165, 1.54) is 26.6 Å². The Morgan fingerprint density at radius 3 is 2.61 bits per heavy atom. The van der Waals surface area contributed by atoms with Crippen LogP contribution in [-0.2, 0) is 26.4 Å². The Bertz CT molecular complexity index is 1520. The molecule has 3 heterocycles. The highest BCUT2D eigenvalue weighted by atomic mass is 32.1. The number of carbonyl (C=O) groups is 1. The number of halogens is 3. The minimum absolute atomic E-state index is 0.0240. The van der Waals surface area contributed by atoms with Crippen LogP contribution >= 0.6 is 11.3 Å². The number of aromatic nitrogens is 4. The van der Waals surface area contributed by atoms with Crippen molar-refractivity contribution in [1.29, 1.82) is 0 Å². The molecule has 0 fully saturated rings. The van der Waals surface area contributed by atoms with Crippen molar-refractivity contribution in [2.24, 2.45) is 7.05 Å². The number of nitrogens with one attached hydrogen (secondary N) is 1. The summed E-state index contributed by atoms with van der Waals surface area (Å²) in [6, 6.07) is 7.25. The third kappa shape index (κ3) is 5.98. The molecule has 0 aliphatic carbocycles. The van der Waals surface area contributed by atoms with E-state index >= 15 is 0 Å². The molecule has 0 aliphatic heterocycles. The van der Waals surface area contributed by atoms with Gasteiger partial charge in [0.25, 0.3) is 16.7 Å². The predicted octanol–water partition coefficient (Wildman–Crippen LogP) is 3.65. The molecule has 0 saturated heterocycles. The van der Waals surface area contributed by atoms with Gasteiger partial charge in [-0.2, -0.15) is 13.2 Å². The Balaban J connectivity index is 1.59. The lowest BCUT2D eigenvalue weighted by Crippen LogP contribution is -2.22. The number of anilines is 1. The molecule has 0 bridgehead atoms. The lowest BCUT2D eigenvalue weighted by Gasteiger charge is -2.16. The summed E-state index contributed by atoms with van der Waals surface area (Å²) < 4.78 is 52.1. The average Bonchev–Trinajstić information content (AvgIpc) is 3.35. The molecule has 2 N–H and O–H groups in total. The molecule has 3 aromatic heterocycles. The summed E-state index contributed by atoms with van der Waals surface area (Å²) >= 11 is 0.904. The number of ether oxygens (including phenoxy) is 2. The summed E-state index contributed by atoms with van der Waals surface area (Å²) in [5.74, 6) is -0.709. The third-order valence-electron chi connectivity index (χ3n) is 5.33. The number of rotatable bonds is 8. The van der Waals surface area contributed by atoms with Crippen LogP contribution in [0.5, 0.6) is 10.9 Å². The van der Waals surface area contributed by atoms with Gasteiger partial charge in [-0.25, -0.2) is 0 Å². The summed E-state index contributed by atoms with van der Waals surface area (Å²) in [5.41, 5.74) is -0.437. The highest BCUT2D eigenvalue weighted by Gasteiger charge is 2.32. The van der Waals surface area contributed by atoms with Crippen LogP contribution in [0.2, 0.25) is 0 Å². The average molecular weight is 548 g/mol. The quantitative estimate of drug-likeness (QED) is 0.342. The Kier molecular flexibility index (Phi) is 7.73. The summed E-state index contributed by atoms with van der Waals surface area (Å²) in [6.07, 6.45) is -1.87. The van der Waals surface area contributed by atoms with Gasteiger partial charge in [0.1, 0.15) is 12.4 Å². The second-order valence-electron chi connectivity index (χ2n) is 7.89. The maximum Gasteiger partial charge on any atom is 0.416 e. The van der Waals surface area contributed by atoms with Crippen molar-refractivity contribution < 1.29 is 32.5 Å². The second-order valence-corrected chi connectivity index (χ2v) is 8.83. The van der Waals surface area contributed by atoms with E-state index in [0.717, 1.165) is 40.2 Å². The summed E-state index contributed by atoms with van der Waals surface area (Å²) in [4.78, 5) is 29.6. The highest BCUT2D eigenvalue weighted by molar-refractivity contribution is 7.17.